The number of para-hydroxylation sites is 1. The van der Waals surface area contributed by atoms with Crippen LogP contribution in [0.1, 0.15) is 24.5 Å². The molecule has 7 nitrogen and oxygen atoms in total. The number of anilines is 2. The zero-order valence-electron chi connectivity index (χ0n) is 17.2. The van der Waals surface area contributed by atoms with E-state index in [0.29, 0.717) is 23.4 Å². The molecule has 160 valence electrons. The molecule has 2 atom stereocenters. The third-order valence-electron chi connectivity index (χ3n) is 5.71. The lowest BCUT2D eigenvalue weighted by Crippen LogP contribution is -2.39. The van der Waals surface area contributed by atoms with Crippen LogP contribution in [0.2, 0.25) is 0 Å². The Hall–Kier alpha value is -3.42. The second-order valence-electron chi connectivity index (χ2n) is 7.79. The number of benzene rings is 2. The molecule has 5 N–H and O–H groups in total. The summed E-state index contributed by atoms with van der Waals surface area (Å²) in [5, 5.41) is 26.7. The fourth-order valence-electron chi connectivity index (χ4n) is 4.01. The van der Waals surface area contributed by atoms with Crippen LogP contribution >= 0.6 is 0 Å². The van der Waals surface area contributed by atoms with Gasteiger partial charge in [0.2, 0.25) is 5.91 Å². The first-order chi connectivity index (χ1) is 14.9. The van der Waals surface area contributed by atoms with Gasteiger partial charge < -0.3 is 25.8 Å². The topological polar surface area (TPSA) is 114 Å². The predicted molar refractivity (Wildman–Crippen MR) is 120 cm³/mol. The van der Waals surface area contributed by atoms with E-state index in [9.17, 15) is 14.7 Å². The molecular weight excluding hydrogens is 394 g/mol. The highest BCUT2D eigenvalue weighted by molar-refractivity contribution is 6.06. The Labute approximate surface area is 179 Å². The first-order valence-electron chi connectivity index (χ1n) is 10.2. The minimum atomic E-state index is -1.75. The largest absolute Gasteiger partial charge is 0.396 e. The number of H-pyrrole nitrogens is 1. The molecule has 7 heteroatoms. The van der Waals surface area contributed by atoms with Gasteiger partial charge in [-0.25, -0.2) is 0 Å². The van der Waals surface area contributed by atoms with Crippen molar-refractivity contribution in [2.75, 3.05) is 17.2 Å². The molecular formula is C24H25N3O4. The predicted octanol–water partition coefficient (Wildman–Crippen LogP) is 3.06. The Morgan fingerprint density at radius 2 is 2.06 bits per heavy atom. The van der Waals surface area contributed by atoms with Crippen LogP contribution in [0.15, 0.2) is 60.8 Å². The summed E-state index contributed by atoms with van der Waals surface area (Å²) in [5.74, 6) is -1.22. The summed E-state index contributed by atoms with van der Waals surface area (Å²) in [5.41, 5.74) is 1.56. The Balaban J connectivity index is 1.54. The molecule has 2 aromatic carbocycles. The molecule has 0 fully saturated rings. The van der Waals surface area contributed by atoms with Crippen molar-refractivity contribution in [3.8, 4) is 0 Å². The van der Waals surface area contributed by atoms with Gasteiger partial charge in [-0.3, -0.25) is 9.59 Å². The fourth-order valence-corrected chi connectivity index (χ4v) is 4.01. The van der Waals surface area contributed by atoms with E-state index >= 15 is 0 Å². The number of carbonyl (C=O) groups excluding carboxylic acids is 2. The molecule has 0 spiro atoms. The maximum atomic E-state index is 12.7. The molecule has 1 aliphatic heterocycles. The highest BCUT2D eigenvalue weighted by Gasteiger charge is 2.48. The molecule has 0 saturated carbocycles. The van der Waals surface area contributed by atoms with E-state index in [-0.39, 0.29) is 18.9 Å². The van der Waals surface area contributed by atoms with Crippen molar-refractivity contribution in [2.45, 2.75) is 25.4 Å². The summed E-state index contributed by atoms with van der Waals surface area (Å²) < 4.78 is 0. The molecule has 0 bridgehead atoms. The van der Waals surface area contributed by atoms with Crippen molar-refractivity contribution in [2.24, 2.45) is 5.92 Å². The average Bonchev–Trinajstić information content (AvgIpc) is 3.27. The molecule has 0 aliphatic carbocycles. The highest BCUT2D eigenvalue weighted by Crippen LogP contribution is 2.42. The average molecular weight is 419 g/mol. The van der Waals surface area contributed by atoms with Crippen molar-refractivity contribution >= 4 is 34.1 Å². The van der Waals surface area contributed by atoms with Crippen molar-refractivity contribution < 1.29 is 19.8 Å². The van der Waals surface area contributed by atoms with Crippen molar-refractivity contribution in [3.63, 3.8) is 0 Å². The van der Waals surface area contributed by atoms with Gasteiger partial charge in [-0.1, -0.05) is 37.3 Å². The number of nitrogens with one attached hydrogen (secondary N) is 3. The number of hydrogen-bond acceptors (Lipinski definition) is 4. The number of rotatable bonds is 7. The normalized spacial score (nSPS) is 18.9. The number of aliphatic hydroxyl groups excluding tert-OH is 1. The van der Waals surface area contributed by atoms with E-state index in [4.69, 9.17) is 5.11 Å². The van der Waals surface area contributed by atoms with Gasteiger partial charge in [0.25, 0.3) is 5.91 Å². The highest BCUT2D eigenvalue weighted by atomic mass is 16.3. The first kappa shape index (κ1) is 20.8. The minimum absolute atomic E-state index is 0.00294. The van der Waals surface area contributed by atoms with Crippen LogP contribution in [0.3, 0.4) is 0 Å². The van der Waals surface area contributed by atoms with Crippen LogP contribution in [0.4, 0.5) is 11.4 Å². The SMILES string of the molecule is C[C@H](/C=C/CCO)[C@@]1(O)C(=O)Nc2ccc(NC(=O)Cc3c[nH]c4ccccc34)cc21. The molecule has 31 heavy (non-hydrogen) atoms. The summed E-state index contributed by atoms with van der Waals surface area (Å²) in [6.45, 7) is 1.74. The van der Waals surface area contributed by atoms with Crippen LogP contribution in [0, 0.1) is 5.92 Å². The van der Waals surface area contributed by atoms with Gasteiger partial charge in [-0.2, -0.15) is 0 Å². The van der Waals surface area contributed by atoms with Crippen LogP contribution in [0.5, 0.6) is 0 Å². The molecule has 0 radical (unpaired) electrons. The van der Waals surface area contributed by atoms with Gasteiger partial charge in [-0.05, 0) is 36.2 Å². The quantitative estimate of drug-likeness (QED) is 0.379. The van der Waals surface area contributed by atoms with E-state index in [0.717, 1.165) is 16.5 Å². The molecule has 1 aromatic heterocycles. The Bertz CT molecular complexity index is 1170. The van der Waals surface area contributed by atoms with Gasteiger partial charge in [0.1, 0.15) is 0 Å². The number of amides is 2. The number of fused-ring (bicyclic) bond motifs is 2. The second-order valence-corrected chi connectivity index (χ2v) is 7.79. The minimum Gasteiger partial charge on any atom is -0.396 e. The number of aromatic amines is 1. The third kappa shape index (κ3) is 3.85. The van der Waals surface area contributed by atoms with Gasteiger partial charge >= 0.3 is 0 Å². The van der Waals surface area contributed by atoms with E-state index < -0.39 is 17.4 Å². The second kappa shape index (κ2) is 8.37. The number of aromatic nitrogens is 1. The zero-order valence-corrected chi connectivity index (χ0v) is 17.2. The Morgan fingerprint density at radius 1 is 1.26 bits per heavy atom. The van der Waals surface area contributed by atoms with Crippen LogP contribution in [0.25, 0.3) is 10.9 Å². The van der Waals surface area contributed by atoms with Gasteiger partial charge in [-0.15, -0.1) is 0 Å². The maximum Gasteiger partial charge on any atom is 0.261 e. The lowest BCUT2D eigenvalue weighted by atomic mass is 9.82. The molecule has 1 aliphatic rings. The van der Waals surface area contributed by atoms with Crippen LogP contribution in [-0.4, -0.2) is 33.6 Å². The molecule has 3 aromatic rings. The number of carbonyl (C=O) groups is 2. The third-order valence-corrected chi connectivity index (χ3v) is 5.71. The Morgan fingerprint density at radius 3 is 2.87 bits per heavy atom. The van der Waals surface area contributed by atoms with Crippen LogP contribution in [-0.2, 0) is 21.6 Å². The van der Waals surface area contributed by atoms with Gasteiger partial charge in [0.15, 0.2) is 5.60 Å². The summed E-state index contributed by atoms with van der Waals surface area (Å²) >= 11 is 0. The van der Waals surface area contributed by atoms with Gasteiger partial charge in [0, 0.05) is 46.6 Å². The first-order valence-corrected chi connectivity index (χ1v) is 10.2. The number of aliphatic hydroxyl groups is 2. The summed E-state index contributed by atoms with van der Waals surface area (Å²) in [6, 6.07) is 12.8. The monoisotopic (exact) mass is 419 g/mol. The van der Waals surface area contributed by atoms with E-state index in [2.05, 4.69) is 15.6 Å². The van der Waals surface area contributed by atoms with Gasteiger partial charge in [0.05, 0.1) is 6.42 Å². The lowest BCUT2D eigenvalue weighted by Gasteiger charge is -2.26. The van der Waals surface area contributed by atoms with Crippen molar-refractivity contribution in [1.29, 1.82) is 0 Å². The van der Waals surface area contributed by atoms with E-state index in [1.165, 1.54) is 0 Å². The smallest absolute Gasteiger partial charge is 0.261 e. The molecule has 2 amide bonds. The number of hydrogen-bond donors (Lipinski definition) is 5. The molecule has 0 saturated heterocycles. The summed E-state index contributed by atoms with van der Waals surface area (Å²) in [4.78, 5) is 28.4. The van der Waals surface area contributed by atoms with Crippen molar-refractivity contribution in [3.05, 3.63) is 71.9 Å². The Kier molecular flexibility index (Phi) is 5.63. The fraction of sp³-hybridized carbons (Fsp3) is 0.250. The van der Waals surface area contributed by atoms with Crippen LogP contribution < -0.4 is 10.6 Å². The zero-order chi connectivity index (χ0) is 22.0. The van der Waals surface area contributed by atoms with Crippen molar-refractivity contribution in [1.82, 2.24) is 4.98 Å². The summed E-state index contributed by atoms with van der Waals surface area (Å²) in [7, 11) is 0. The molecule has 4 rings (SSSR count). The van der Waals surface area contributed by atoms with E-state index in [1.54, 1.807) is 37.3 Å². The summed E-state index contributed by atoms with van der Waals surface area (Å²) in [6.07, 6.45) is 5.92. The maximum absolute atomic E-state index is 12.7. The van der Waals surface area contributed by atoms with E-state index in [1.807, 2.05) is 30.5 Å². The lowest BCUT2D eigenvalue weighted by molar-refractivity contribution is -0.137. The standard InChI is InChI=1S/C24H25N3O4/c1-15(6-4-5-11-28)24(31)19-13-17(9-10-21(19)27-23(24)30)26-22(29)12-16-14-25-20-8-3-2-7-18(16)20/h2-4,6-10,13-15,25,28,31H,5,11-12H2,1H3,(H,26,29)(H,27,30)/b6-4+/t15-,24+/m1/s1. The molecule has 0 unspecified atom stereocenters. The molecule has 2 heterocycles.